The van der Waals surface area contributed by atoms with Gasteiger partial charge in [-0.1, -0.05) is 12.1 Å². The molecule has 1 rings (SSSR count). The summed E-state index contributed by atoms with van der Waals surface area (Å²) < 4.78 is 79.2. The van der Waals surface area contributed by atoms with Crippen LogP contribution in [-0.4, -0.2) is 24.5 Å². The lowest BCUT2D eigenvalue weighted by molar-refractivity contribution is -0.180. The van der Waals surface area contributed by atoms with Crippen molar-refractivity contribution in [3.8, 4) is 0 Å². The van der Waals surface area contributed by atoms with Crippen LogP contribution in [0, 0.1) is 5.92 Å². The molecule has 0 aliphatic carbocycles. The number of ketones is 1. The molecule has 0 fully saturated rings. The Bertz CT molecular complexity index is 559. The summed E-state index contributed by atoms with van der Waals surface area (Å²) in [5.74, 6) is -5.81. The molecule has 3 nitrogen and oxygen atoms in total. The summed E-state index contributed by atoms with van der Waals surface area (Å²) in [6.07, 6.45) is -10.5. The average Bonchev–Trinajstić information content (AvgIpc) is 2.42. The summed E-state index contributed by atoms with van der Waals surface area (Å²) in [5.41, 5.74) is -1.01. The van der Waals surface area contributed by atoms with Crippen LogP contribution in [0.4, 0.5) is 26.3 Å². The number of carbonyl (C=O) groups is 2. The van der Waals surface area contributed by atoms with Crippen LogP contribution in [0.15, 0.2) is 24.3 Å². The second-order valence-corrected chi connectivity index (χ2v) is 4.57. The van der Waals surface area contributed by atoms with Gasteiger partial charge in [-0.15, -0.1) is 0 Å². The van der Waals surface area contributed by atoms with E-state index in [9.17, 15) is 35.9 Å². The van der Waals surface area contributed by atoms with E-state index < -0.39 is 42.0 Å². The topological polar surface area (TPSA) is 43.4 Å². The number of Topliss-reactive ketones (excluding diaryl/α,β-unsaturated/α-hetero) is 1. The highest BCUT2D eigenvalue weighted by atomic mass is 19.4. The second kappa shape index (κ2) is 7.01. The number of hydrogen-bond donors (Lipinski definition) is 0. The summed E-state index contributed by atoms with van der Waals surface area (Å²) in [6, 6.07) is 3.16. The first-order valence-corrected chi connectivity index (χ1v) is 6.40. The van der Waals surface area contributed by atoms with Gasteiger partial charge in [-0.25, -0.2) is 0 Å². The summed E-state index contributed by atoms with van der Waals surface area (Å²) in [5, 5.41) is 0. The van der Waals surface area contributed by atoms with Crippen molar-refractivity contribution in [2.24, 2.45) is 5.92 Å². The van der Waals surface area contributed by atoms with Gasteiger partial charge < -0.3 is 4.74 Å². The van der Waals surface area contributed by atoms with E-state index in [1.54, 1.807) is 0 Å². The van der Waals surface area contributed by atoms with Gasteiger partial charge in [0.25, 0.3) is 5.78 Å². The van der Waals surface area contributed by atoms with Crippen molar-refractivity contribution in [2.75, 3.05) is 6.61 Å². The molecule has 0 amide bonds. The number of esters is 1. The van der Waals surface area contributed by atoms with Gasteiger partial charge in [-0.3, -0.25) is 9.59 Å². The molecule has 128 valence electrons. The summed E-state index contributed by atoms with van der Waals surface area (Å²) in [4.78, 5) is 22.8. The minimum atomic E-state index is -5.25. The zero-order chi connectivity index (χ0) is 17.8. The van der Waals surface area contributed by atoms with Gasteiger partial charge in [0.2, 0.25) is 0 Å². The fourth-order valence-electron chi connectivity index (χ4n) is 1.79. The monoisotopic (exact) mass is 342 g/mol. The molecule has 0 N–H and O–H groups in total. The minimum absolute atomic E-state index is 0.0198. The van der Waals surface area contributed by atoms with Gasteiger partial charge in [0.15, 0.2) is 0 Å². The van der Waals surface area contributed by atoms with Crippen molar-refractivity contribution >= 4 is 11.8 Å². The molecule has 0 heterocycles. The molecular weight excluding hydrogens is 330 g/mol. The lowest BCUT2D eigenvalue weighted by Crippen LogP contribution is -2.37. The van der Waals surface area contributed by atoms with E-state index in [-0.39, 0.29) is 12.2 Å². The second-order valence-electron chi connectivity index (χ2n) is 4.57. The van der Waals surface area contributed by atoms with Crippen molar-refractivity contribution in [1.82, 2.24) is 0 Å². The highest BCUT2D eigenvalue weighted by Gasteiger charge is 2.46. The normalized spacial score (nSPS) is 13.5. The zero-order valence-corrected chi connectivity index (χ0v) is 11.8. The fourth-order valence-corrected chi connectivity index (χ4v) is 1.79. The molecule has 0 spiro atoms. The smallest absolute Gasteiger partial charge is 0.450 e. The number of hydrogen-bond acceptors (Lipinski definition) is 3. The van der Waals surface area contributed by atoms with Crippen LogP contribution in [0.2, 0.25) is 0 Å². The van der Waals surface area contributed by atoms with Crippen LogP contribution >= 0.6 is 0 Å². The van der Waals surface area contributed by atoms with Crippen LogP contribution in [0.5, 0.6) is 0 Å². The highest BCUT2D eigenvalue weighted by Crippen LogP contribution is 2.30. The van der Waals surface area contributed by atoms with E-state index in [2.05, 4.69) is 4.74 Å². The molecule has 0 aliphatic heterocycles. The summed E-state index contributed by atoms with van der Waals surface area (Å²) in [7, 11) is 0. The molecule has 1 unspecified atom stereocenters. The third-order valence-corrected chi connectivity index (χ3v) is 2.89. The first-order valence-electron chi connectivity index (χ1n) is 6.40. The summed E-state index contributed by atoms with van der Waals surface area (Å²) >= 11 is 0. The molecule has 0 aromatic heterocycles. The van der Waals surface area contributed by atoms with Crippen LogP contribution in [0.1, 0.15) is 18.1 Å². The van der Waals surface area contributed by atoms with Crippen molar-refractivity contribution < 1.29 is 40.7 Å². The van der Waals surface area contributed by atoms with Crippen molar-refractivity contribution in [3.05, 3.63) is 35.4 Å². The lowest BCUT2D eigenvalue weighted by atomic mass is 9.94. The number of alkyl halides is 6. The third kappa shape index (κ3) is 5.26. The Morgan fingerprint density at radius 1 is 1.04 bits per heavy atom. The van der Waals surface area contributed by atoms with Crippen molar-refractivity contribution in [1.29, 1.82) is 0 Å². The average molecular weight is 342 g/mol. The van der Waals surface area contributed by atoms with E-state index in [0.717, 1.165) is 12.1 Å². The number of rotatable bonds is 5. The molecule has 0 radical (unpaired) electrons. The van der Waals surface area contributed by atoms with Gasteiger partial charge in [-0.05, 0) is 31.0 Å². The Balaban J connectivity index is 3.01. The van der Waals surface area contributed by atoms with Crippen LogP contribution in [-0.2, 0) is 26.9 Å². The Morgan fingerprint density at radius 3 is 1.96 bits per heavy atom. The third-order valence-electron chi connectivity index (χ3n) is 2.89. The maximum Gasteiger partial charge on any atom is 0.450 e. The quantitative estimate of drug-likeness (QED) is 0.467. The van der Waals surface area contributed by atoms with E-state index in [0.29, 0.717) is 12.1 Å². The van der Waals surface area contributed by atoms with Gasteiger partial charge in [0.1, 0.15) is 5.92 Å². The van der Waals surface area contributed by atoms with E-state index in [1.807, 2.05) is 0 Å². The molecule has 1 aromatic carbocycles. The molecule has 9 heteroatoms. The van der Waals surface area contributed by atoms with Crippen molar-refractivity contribution in [3.63, 3.8) is 0 Å². The SMILES string of the molecule is CCOC(=O)C(Cc1ccc(C(F)(F)F)cc1)C(=O)C(F)(F)F. The Hall–Kier alpha value is -2.06. The predicted molar refractivity (Wildman–Crippen MR) is 66.3 cm³/mol. The Kier molecular flexibility index (Phi) is 5.79. The standard InChI is InChI=1S/C14H12F6O3/c1-2-23-12(22)10(11(21)14(18,19)20)7-8-3-5-9(6-4-8)13(15,16)17/h3-6,10H,2,7H2,1H3. The Morgan fingerprint density at radius 2 is 1.57 bits per heavy atom. The highest BCUT2D eigenvalue weighted by molar-refractivity contribution is 6.02. The first kappa shape index (κ1) is 19.0. The van der Waals surface area contributed by atoms with E-state index >= 15 is 0 Å². The predicted octanol–water partition coefficient (Wildman–Crippen LogP) is 3.56. The maximum atomic E-state index is 12.5. The van der Waals surface area contributed by atoms with Crippen molar-refractivity contribution in [2.45, 2.75) is 25.7 Å². The zero-order valence-electron chi connectivity index (χ0n) is 11.8. The van der Waals surface area contributed by atoms with Gasteiger partial charge in [0, 0.05) is 0 Å². The molecule has 0 saturated carbocycles. The van der Waals surface area contributed by atoms with Crippen LogP contribution in [0.3, 0.4) is 0 Å². The Labute approximate surface area is 127 Å². The molecule has 0 bridgehead atoms. The molecule has 1 atom stereocenters. The lowest BCUT2D eigenvalue weighted by Gasteiger charge is -2.16. The van der Waals surface area contributed by atoms with Gasteiger partial charge >= 0.3 is 18.3 Å². The summed E-state index contributed by atoms with van der Waals surface area (Å²) in [6.45, 7) is 1.12. The number of carbonyl (C=O) groups excluding carboxylic acids is 2. The maximum absolute atomic E-state index is 12.5. The molecule has 23 heavy (non-hydrogen) atoms. The molecule has 0 aliphatic rings. The van der Waals surface area contributed by atoms with Crippen LogP contribution in [0.25, 0.3) is 0 Å². The van der Waals surface area contributed by atoms with E-state index in [4.69, 9.17) is 0 Å². The van der Waals surface area contributed by atoms with Gasteiger partial charge in [0.05, 0.1) is 12.2 Å². The first-order chi connectivity index (χ1) is 10.5. The fraction of sp³-hybridized carbons (Fsp3) is 0.429. The number of benzene rings is 1. The number of ether oxygens (including phenoxy) is 1. The number of halogens is 6. The molecule has 0 saturated heterocycles. The van der Waals surface area contributed by atoms with Gasteiger partial charge in [-0.2, -0.15) is 26.3 Å². The largest absolute Gasteiger partial charge is 0.465 e. The van der Waals surface area contributed by atoms with E-state index in [1.165, 1.54) is 6.92 Å². The molecule has 1 aromatic rings. The molecular formula is C14H12F6O3. The van der Waals surface area contributed by atoms with Crippen LogP contribution < -0.4 is 0 Å². The minimum Gasteiger partial charge on any atom is -0.465 e.